The Morgan fingerprint density at radius 1 is 1.33 bits per heavy atom. The lowest BCUT2D eigenvalue weighted by atomic mass is 9.91. The zero-order valence-corrected chi connectivity index (χ0v) is 14.3. The number of alkyl halides is 3. The van der Waals surface area contributed by atoms with Gasteiger partial charge in [-0.15, -0.1) is 12.4 Å². The average molecular weight is 365 g/mol. The number of benzene rings is 1. The van der Waals surface area contributed by atoms with Crippen LogP contribution in [0.2, 0.25) is 0 Å². The van der Waals surface area contributed by atoms with Gasteiger partial charge in [-0.25, -0.2) is 0 Å². The average Bonchev–Trinajstić information content (AvgIpc) is 2.53. The van der Waals surface area contributed by atoms with E-state index in [1.807, 2.05) is 4.90 Å². The maximum absolute atomic E-state index is 12.7. The number of hydrogen-bond acceptors (Lipinski definition) is 2. The van der Waals surface area contributed by atoms with Crippen LogP contribution in [0.15, 0.2) is 24.3 Å². The monoisotopic (exact) mass is 364 g/mol. The summed E-state index contributed by atoms with van der Waals surface area (Å²) in [5.74, 6) is 0.427. The summed E-state index contributed by atoms with van der Waals surface area (Å²) in [7, 11) is 0. The highest BCUT2D eigenvalue weighted by atomic mass is 35.5. The Morgan fingerprint density at radius 2 is 2.08 bits per heavy atom. The summed E-state index contributed by atoms with van der Waals surface area (Å²) in [6.07, 6.45) is -0.567. The summed E-state index contributed by atoms with van der Waals surface area (Å²) in [4.78, 5) is 13.7. The van der Waals surface area contributed by atoms with Crippen molar-refractivity contribution in [1.29, 1.82) is 0 Å². The van der Waals surface area contributed by atoms with Crippen LogP contribution in [0, 0.1) is 5.92 Å². The minimum atomic E-state index is -4.30. The maximum Gasteiger partial charge on any atom is 0.416 e. The van der Waals surface area contributed by atoms with Crippen LogP contribution in [0.4, 0.5) is 13.2 Å². The molecule has 0 bridgehead atoms. The normalized spacial score (nSPS) is 18.2. The quantitative estimate of drug-likeness (QED) is 0.866. The van der Waals surface area contributed by atoms with Gasteiger partial charge >= 0.3 is 6.18 Å². The third-order valence-electron chi connectivity index (χ3n) is 4.33. The number of hydrogen-bond donors (Lipinski definition) is 1. The molecule has 0 spiro atoms. The molecule has 0 saturated carbocycles. The van der Waals surface area contributed by atoms with Gasteiger partial charge in [0, 0.05) is 26.1 Å². The first-order valence-electron chi connectivity index (χ1n) is 8.04. The Kier molecular flexibility index (Phi) is 8.03. The minimum absolute atomic E-state index is 0. The molecule has 136 valence electrons. The van der Waals surface area contributed by atoms with Crippen molar-refractivity contribution in [3.63, 3.8) is 0 Å². The minimum Gasteiger partial charge on any atom is -0.342 e. The molecule has 1 aromatic carbocycles. The van der Waals surface area contributed by atoms with Gasteiger partial charge < -0.3 is 10.6 Å². The first-order valence-corrected chi connectivity index (χ1v) is 8.04. The number of nitrogens with two attached hydrogens (primary N) is 1. The number of likely N-dealkylation sites (tertiary alicyclic amines) is 1. The highest BCUT2D eigenvalue weighted by molar-refractivity contribution is 5.85. The summed E-state index contributed by atoms with van der Waals surface area (Å²) in [5, 5.41) is 0. The molecule has 3 nitrogen and oxygen atoms in total. The molecule has 0 radical (unpaired) electrons. The van der Waals surface area contributed by atoms with Crippen molar-refractivity contribution in [2.24, 2.45) is 11.7 Å². The van der Waals surface area contributed by atoms with E-state index in [4.69, 9.17) is 5.73 Å². The molecule has 1 aromatic rings. The van der Waals surface area contributed by atoms with E-state index in [1.165, 1.54) is 12.1 Å². The number of carbonyl (C=O) groups excluding carboxylic acids is 1. The molecule has 1 unspecified atom stereocenters. The third-order valence-corrected chi connectivity index (χ3v) is 4.33. The van der Waals surface area contributed by atoms with Gasteiger partial charge in [-0.1, -0.05) is 18.2 Å². The number of rotatable bonds is 5. The van der Waals surface area contributed by atoms with Gasteiger partial charge in [0.2, 0.25) is 5.91 Å². The Bertz CT molecular complexity index is 537. The lowest BCUT2D eigenvalue weighted by Gasteiger charge is -2.33. The zero-order valence-electron chi connectivity index (χ0n) is 13.5. The molecule has 1 saturated heterocycles. The van der Waals surface area contributed by atoms with Crippen LogP contribution in [-0.4, -0.2) is 30.4 Å². The van der Waals surface area contributed by atoms with Crippen LogP contribution >= 0.6 is 12.4 Å². The van der Waals surface area contributed by atoms with E-state index in [2.05, 4.69) is 0 Å². The van der Waals surface area contributed by atoms with Crippen LogP contribution in [0.25, 0.3) is 0 Å². The van der Waals surface area contributed by atoms with E-state index >= 15 is 0 Å². The Hall–Kier alpha value is -1.27. The first-order chi connectivity index (χ1) is 10.9. The summed E-state index contributed by atoms with van der Waals surface area (Å²) < 4.78 is 38.2. The summed E-state index contributed by atoms with van der Waals surface area (Å²) in [6, 6.07) is 5.50. The molecule has 1 fully saturated rings. The van der Waals surface area contributed by atoms with Crippen molar-refractivity contribution in [1.82, 2.24) is 4.90 Å². The van der Waals surface area contributed by atoms with Crippen molar-refractivity contribution in [3.05, 3.63) is 35.4 Å². The van der Waals surface area contributed by atoms with E-state index in [0.29, 0.717) is 37.4 Å². The molecule has 1 aliphatic rings. The van der Waals surface area contributed by atoms with E-state index in [1.54, 1.807) is 6.07 Å². The molecule has 2 rings (SSSR count). The number of halogens is 4. The fourth-order valence-corrected chi connectivity index (χ4v) is 3.08. The molecule has 24 heavy (non-hydrogen) atoms. The summed E-state index contributed by atoms with van der Waals surface area (Å²) in [5.41, 5.74) is 5.52. The fraction of sp³-hybridized carbons (Fsp3) is 0.588. The van der Waals surface area contributed by atoms with Gasteiger partial charge in [0.15, 0.2) is 0 Å². The number of nitrogens with zero attached hydrogens (tertiary/aromatic N) is 1. The molecule has 7 heteroatoms. The van der Waals surface area contributed by atoms with Crippen LogP contribution < -0.4 is 5.73 Å². The second kappa shape index (κ2) is 9.28. The number of piperidine rings is 1. The van der Waals surface area contributed by atoms with E-state index in [0.717, 1.165) is 31.9 Å². The smallest absolute Gasteiger partial charge is 0.342 e. The van der Waals surface area contributed by atoms with Crippen molar-refractivity contribution < 1.29 is 18.0 Å². The van der Waals surface area contributed by atoms with Crippen LogP contribution in [0.5, 0.6) is 0 Å². The molecule has 1 aliphatic heterocycles. The highest BCUT2D eigenvalue weighted by Crippen LogP contribution is 2.30. The topological polar surface area (TPSA) is 46.3 Å². The van der Waals surface area contributed by atoms with Crippen molar-refractivity contribution in [3.8, 4) is 0 Å². The SMILES string of the molecule is Cl.NCCC(=O)N1CCCC(CCc2cccc(C(F)(F)F)c2)C1. The standard InChI is InChI=1S/C17H23F3N2O.ClH/c18-17(19,20)15-5-1-3-13(11-15)6-7-14-4-2-10-22(12-14)16(23)8-9-21;/h1,3,5,11,14H,2,4,6-10,12,21H2;1H. The lowest BCUT2D eigenvalue weighted by Crippen LogP contribution is -2.40. The van der Waals surface area contributed by atoms with Gasteiger partial charge in [-0.05, 0) is 43.2 Å². The third kappa shape index (κ3) is 5.98. The predicted octanol–water partition coefficient (Wildman–Crippen LogP) is 3.65. The Labute approximate surface area is 146 Å². The predicted molar refractivity (Wildman–Crippen MR) is 90.0 cm³/mol. The largest absolute Gasteiger partial charge is 0.416 e. The summed E-state index contributed by atoms with van der Waals surface area (Å²) in [6.45, 7) is 1.81. The van der Waals surface area contributed by atoms with Gasteiger partial charge in [-0.2, -0.15) is 13.2 Å². The summed E-state index contributed by atoms with van der Waals surface area (Å²) >= 11 is 0. The van der Waals surface area contributed by atoms with Crippen molar-refractivity contribution in [2.75, 3.05) is 19.6 Å². The van der Waals surface area contributed by atoms with Gasteiger partial charge in [0.05, 0.1) is 5.56 Å². The highest BCUT2D eigenvalue weighted by Gasteiger charge is 2.30. The molecule has 1 heterocycles. The number of amides is 1. The molecular weight excluding hydrogens is 341 g/mol. The zero-order chi connectivity index (χ0) is 16.9. The fourth-order valence-electron chi connectivity index (χ4n) is 3.08. The molecular formula is C17H24ClF3N2O. The molecule has 0 aromatic heterocycles. The second-order valence-electron chi connectivity index (χ2n) is 6.12. The Balaban J connectivity index is 0.00000288. The van der Waals surface area contributed by atoms with Gasteiger partial charge in [0.1, 0.15) is 0 Å². The second-order valence-corrected chi connectivity index (χ2v) is 6.12. The van der Waals surface area contributed by atoms with Crippen molar-refractivity contribution >= 4 is 18.3 Å². The number of aryl methyl sites for hydroxylation is 1. The number of carbonyl (C=O) groups is 1. The Morgan fingerprint density at radius 3 is 2.75 bits per heavy atom. The maximum atomic E-state index is 12.7. The lowest BCUT2D eigenvalue weighted by molar-refractivity contribution is -0.137. The first kappa shape index (κ1) is 20.8. The van der Waals surface area contributed by atoms with Crippen molar-refractivity contribution in [2.45, 2.75) is 38.3 Å². The van der Waals surface area contributed by atoms with Gasteiger partial charge in [0.25, 0.3) is 0 Å². The van der Waals surface area contributed by atoms with E-state index < -0.39 is 11.7 Å². The van der Waals surface area contributed by atoms with Crippen LogP contribution in [-0.2, 0) is 17.4 Å². The molecule has 0 aliphatic carbocycles. The van der Waals surface area contributed by atoms with Crippen LogP contribution in [0.3, 0.4) is 0 Å². The molecule has 1 amide bonds. The molecule has 1 atom stereocenters. The van der Waals surface area contributed by atoms with Gasteiger partial charge in [-0.3, -0.25) is 4.79 Å². The van der Waals surface area contributed by atoms with E-state index in [-0.39, 0.29) is 18.3 Å². The van der Waals surface area contributed by atoms with E-state index in [9.17, 15) is 18.0 Å². The van der Waals surface area contributed by atoms with Crippen LogP contribution in [0.1, 0.15) is 36.8 Å². The molecule has 2 N–H and O–H groups in total.